The van der Waals surface area contributed by atoms with Crippen molar-refractivity contribution in [2.24, 2.45) is 5.73 Å². The first-order valence-electron chi connectivity index (χ1n) is 7.41. The zero-order valence-corrected chi connectivity index (χ0v) is 12.8. The molecule has 2 fully saturated rings. The molecule has 5 heteroatoms. The first-order valence-corrected chi connectivity index (χ1v) is 7.82. The van der Waals surface area contributed by atoms with E-state index in [0.29, 0.717) is 11.0 Å². The molecule has 3 rings (SSSR count). The quantitative estimate of drug-likeness (QED) is 0.840. The number of thiocarbonyl (C=S) groups is 1. The van der Waals surface area contributed by atoms with Gasteiger partial charge in [0.1, 0.15) is 10.8 Å². The van der Waals surface area contributed by atoms with Crippen LogP contribution in [-0.2, 0) is 0 Å². The molecule has 2 aliphatic heterocycles. The van der Waals surface area contributed by atoms with Crippen molar-refractivity contribution < 1.29 is 0 Å². The van der Waals surface area contributed by atoms with Gasteiger partial charge in [0.25, 0.3) is 0 Å². The molecular weight excluding hydrogens is 268 g/mol. The lowest BCUT2D eigenvalue weighted by molar-refractivity contribution is 0.273. The molecule has 0 saturated carbocycles. The van der Waals surface area contributed by atoms with Crippen LogP contribution in [-0.4, -0.2) is 47.1 Å². The third-order valence-corrected chi connectivity index (χ3v) is 4.59. The molecule has 0 aromatic carbocycles. The molecule has 2 N–H and O–H groups in total. The van der Waals surface area contributed by atoms with Crippen molar-refractivity contribution in [2.45, 2.75) is 32.2 Å². The fourth-order valence-electron chi connectivity index (χ4n) is 3.37. The largest absolute Gasteiger partial charge is 0.389 e. The molecule has 1 aromatic rings. The predicted molar refractivity (Wildman–Crippen MR) is 86.3 cm³/mol. The molecular formula is C15H22N4S. The van der Waals surface area contributed by atoms with Crippen molar-refractivity contribution in [3.63, 3.8) is 0 Å². The molecule has 0 radical (unpaired) electrons. The van der Waals surface area contributed by atoms with Crippen LogP contribution in [0.1, 0.15) is 30.5 Å². The number of fused-ring (bicyclic) bond motifs is 1. The van der Waals surface area contributed by atoms with Gasteiger partial charge in [-0.3, -0.25) is 4.90 Å². The fraction of sp³-hybridized carbons (Fsp3) is 0.600. The second-order valence-electron chi connectivity index (χ2n) is 5.85. The Morgan fingerprint density at radius 3 is 2.90 bits per heavy atom. The summed E-state index contributed by atoms with van der Waals surface area (Å²) in [6.45, 7) is 6.63. The van der Waals surface area contributed by atoms with Gasteiger partial charge >= 0.3 is 0 Å². The first-order chi connectivity index (χ1) is 9.63. The van der Waals surface area contributed by atoms with E-state index < -0.39 is 0 Å². The van der Waals surface area contributed by atoms with Crippen LogP contribution in [0.5, 0.6) is 0 Å². The maximum Gasteiger partial charge on any atom is 0.129 e. The van der Waals surface area contributed by atoms with Crippen LogP contribution in [0.4, 0.5) is 5.82 Å². The van der Waals surface area contributed by atoms with E-state index in [0.717, 1.165) is 30.2 Å². The smallest absolute Gasteiger partial charge is 0.129 e. The van der Waals surface area contributed by atoms with Gasteiger partial charge in [-0.05, 0) is 44.9 Å². The van der Waals surface area contributed by atoms with Gasteiger partial charge in [0, 0.05) is 36.9 Å². The second kappa shape index (κ2) is 5.66. The number of pyridine rings is 1. The van der Waals surface area contributed by atoms with E-state index in [-0.39, 0.29) is 0 Å². The summed E-state index contributed by atoms with van der Waals surface area (Å²) in [6, 6.07) is 4.69. The van der Waals surface area contributed by atoms with Crippen LogP contribution >= 0.6 is 12.2 Å². The van der Waals surface area contributed by atoms with Crippen LogP contribution in [0.15, 0.2) is 12.1 Å². The van der Waals surface area contributed by atoms with Crippen molar-refractivity contribution in [2.75, 3.05) is 31.1 Å². The lowest BCUT2D eigenvalue weighted by Gasteiger charge is -2.27. The lowest BCUT2D eigenvalue weighted by Crippen LogP contribution is -2.37. The van der Waals surface area contributed by atoms with Crippen molar-refractivity contribution in [1.82, 2.24) is 9.88 Å². The van der Waals surface area contributed by atoms with Crippen molar-refractivity contribution in [3.8, 4) is 0 Å². The first kappa shape index (κ1) is 13.8. The number of nitrogens with two attached hydrogens (primary N) is 1. The molecule has 0 bridgehead atoms. The van der Waals surface area contributed by atoms with Crippen LogP contribution in [0.25, 0.3) is 0 Å². The minimum Gasteiger partial charge on any atom is -0.389 e. The fourth-order valence-corrected chi connectivity index (χ4v) is 3.49. The Morgan fingerprint density at radius 2 is 2.10 bits per heavy atom. The van der Waals surface area contributed by atoms with Crippen molar-refractivity contribution in [3.05, 3.63) is 23.4 Å². The summed E-state index contributed by atoms with van der Waals surface area (Å²) in [6.07, 6.45) is 3.84. The molecule has 3 heterocycles. The topological polar surface area (TPSA) is 45.4 Å². The molecule has 2 saturated heterocycles. The number of aromatic nitrogens is 1. The minimum atomic E-state index is 0.453. The molecule has 0 spiro atoms. The third-order valence-electron chi connectivity index (χ3n) is 4.35. The van der Waals surface area contributed by atoms with Crippen molar-refractivity contribution in [1.29, 1.82) is 0 Å². The van der Waals surface area contributed by atoms with Gasteiger partial charge in [0.05, 0.1) is 0 Å². The predicted octanol–water partition coefficient (Wildman–Crippen LogP) is 1.70. The second-order valence-corrected chi connectivity index (χ2v) is 6.29. The Kier molecular flexibility index (Phi) is 3.89. The Morgan fingerprint density at radius 1 is 1.30 bits per heavy atom. The van der Waals surface area contributed by atoms with Crippen LogP contribution in [0.2, 0.25) is 0 Å². The SMILES string of the molecule is Cc1cc(C(N)=S)cc(N2CCCN3CCCC3C2)n1. The molecule has 0 aliphatic carbocycles. The average molecular weight is 290 g/mol. The Labute approximate surface area is 126 Å². The third kappa shape index (κ3) is 2.79. The van der Waals surface area contributed by atoms with Gasteiger partial charge in [0.2, 0.25) is 0 Å². The van der Waals surface area contributed by atoms with E-state index in [1.807, 2.05) is 19.1 Å². The highest BCUT2D eigenvalue weighted by Gasteiger charge is 2.29. The van der Waals surface area contributed by atoms with Crippen LogP contribution < -0.4 is 10.6 Å². The standard InChI is InChI=1S/C15H22N4S/c1-11-8-12(15(16)20)9-14(17-11)19-7-3-6-18-5-2-4-13(18)10-19/h8-9,13H,2-7,10H2,1H3,(H2,16,20). The van der Waals surface area contributed by atoms with E-state index in [4.69, 9.17) is 18.0 Å². The summed E-state index contributed by atoms with van der Waals surface area (Å²) >= 11 is 5.11. The van der Waals surface area contributed by atoms with E-state index in [1.165, 1.54) is 32.4 Å². The van der Waals surface area contributed by atoms with E-state index in [9.17, 15) is 0 Å². The van der Waals surface area contributed by atoms with Crippen molar-refractivity contribution >= 4 is 23.0 Å². The van der Waals surface area contributed by atoms with Crippen LogP contribution in [0, 0.1) is 6.92 Å². The number of anilines is 1. The minimum absolute atomic E-state index is 0.453. The summed E-state index contributed by atoms with van der Waals surface area (Å²) in [7, 11) is 0. The zero-order chi connectivity index (χ0) is 14.1. The molecule has 0 amide bonds. The summed E-state index contributed by atoms with van der Waals surface area (Å²) in [4.78, 5) is 10.2. The number of hydrogen-bond donors (Lipinski definition) is 1. The zero-order valence-electron chi connectivity index (χ0n) is 12.0. The summed E-state index contributed by atoms with van der Waals surface area (Å²) in [5, 5.41) is 0. The number of hydrogen-bond acceptors (Lipinski definition) is 4. The molecule has 108 valence electrons. The summed E-state index contributed by atoms with van der Waals surface area (Å²) in [5.41, 5.74) is 7.68. The van der Waals surface area contributed by atoms with Gasteiger partial charge in [-0.15, -0.1) is 0 Å². The monoisotopic (exact) mass is 290 g/mol. The average Bonchev–Trinajstić information content (AvgIpc) is 2.75. The van der Waals surface area contributed by atoms with E-state index >= 15 is 0 Å². The molecule has 1 atom stereocenters. The van der Waals surface area contributed by atoms with Crippen LogP contribution in [0.3, 0.4) is 0 Å². The number of rotatable bonds is 2. The highest BCUT2D eigenvalue weighted by atomic mass is 32.1. The maximum atomic E-state index is 5.77. The Bertz CT molecular complexity index is 517. The molecule has 4 nitrogen and oxygen atoms in total. The molecule has 20 heavy (non-hydrogen) atoms. The van der Waals surface area contributed by atoms with Gasteiger partial charge in [-0.1, -0.05) is 12.2 Å². The number of nitrogens with zero attached hydrogens (tertiary/aromatic N) is 3. The van der Waals surface area contributed by atoms with E-state index in [1.54, 1.807) is 0 Å². The number of aryl methyl sites for hydroxylation is 1. The Balaban J connectivity index is 1.86. The summed E-state index contributed by atoms with van der Waals surface area (Å²) < 4.78 is 0. The molecule has 2 aliphatic rings. The molecule has 1 aromatic heterocycles. The normalized spacial score (nSPS) is 23.4. The maximum absolute atomic E-state index is 5.77. The highest BCUT2D eigenvalue weighted by molar-refractivity contribution is 7.80. The molecule has 1 unspecified atom stereocenters. The van der Waals surface area contributed by atoms with E-state index in [2.05, 4.69) is 14.8 Å². The lowest BCUT2D eigenvalue weighted by atomic mass is 10.2. The summed E-state index contributed by atoms with van der Waals surface area (Å²) in [5.74, 6) is 1.03. The van der Waals surface area contributed by atoms with Gasteiger partial charge < -0.3 is 10.6 Å². The van der Waals surface area contributed by atoms with Gasteiger partial charge in [-0.2, -0.15) is 0 Å². The van der Waals surface area contributed by atoms with Gasteiger partial charge in [-0.25, -0.2) is 4.98 Å². The van der Waals surface area contributed by atoms with Gasteiger partial charge in [0.15, 0.2) is 0 Å². The highest BCUT2D eigenvalue weighted by Crippen LogP contribution is 2.24. The Hall–Kier alpha value is -1.20.